The van der Waals surface area contributed by atoms with E-state index < -0.39 is 7.60 Å². The molecule has 0 aromatic heterocycles. The molecule has 0 aliphatic heterocycles. The van der Waals surface area contributed by atoms with E-state index in [-0.39, 0.29) is 6.16 Å². The molecule has 4 nitrogen and oxygen atoms in total. The number of rotatable bonds is 7. The Hall–Kier alpha value is -1.77. The van der Waals surface area contributed by atoms with Gasteiger partial charge in [0, 0.05) is 0 Å². The molecule has 0 saturated carbocycles. The third-order valence-electron chi connectivity index (χ3n) is 2.61. The number of hydrogen-bond donors (Lipinski definition) is 1. The van der Waals surface area contributed by atoms with E-state index in [4.69, 9.17) is 14.8 Å². The number of benzene rings is 2. The molecule has 20 heavy (non-hydrogen) atoms. The standard InChI is InChI=1S/C15H18NO3P/c16-12-7-13-20(17,18-14-8-3-1-4-9-14)19-15-10-5-2-6-11-15/h1-6,8-11H,7,12-13,16H2. The maximum Gasteiger partial charge on any atom is 0.430 e. The van der Waals surface area contributed by atoms with Crippen molar-refractivity contribution < 1.29 is 13.6 Å². The Morgan fingerprint density at radius 3 is 1.70 bits per heavy atom. The summed E-state index contributed by atoms with van der Waals surface area (Å²) in [4.78, 5) is 0. The lowest BCUT2D eigenvalue weighted by atomic mass is 10.3. The van der Waals surface area contributed by atoms with Crippen LogP contribution in [0.1, 0.15) is 6.42 Å². The van der Waals surface area contributed by atoms with E-state index in [0.717, 1.165) is 0 Å². The van der Waals surface area contributed by atoms with Crippen molar-refractivity contribution >= 4 is 7.60 Å². The molecule has 0 bridgehead atoms. The topological polar surface area (TPSA) is 61.6 Å². The van der Waals surface area contributed by atoms with Crippen molar-refractivity contribution in [2.45, 2.75) is 6.42 Å². The van der Waals surface area contributed by atoms with E-state index in [1.165, 1.54) is 0 Å². The van der Waals surface area contributed by atoms with E-state index in [9.17, 15) is 4.57 Å². The van der Waals surface area contributed by atoms with Gasteiger partial charge in [-0.1, -0.05) is 36.4 Å². The summed E-state index contributed by atoms with van der Waals surface area (Å²) >= 11 is 0. The van der Waals surface area contributed by atoms with Gasteiger partial charge in [-0.3, -0.25) is 0 Å². The Morgan fingerprint density at radius 2 is 1.30 bits per heavy atom. The molecule has 0 unspecified atom stereocenters. The zero-order valence-electron chi connectivity index (χ0n) is 11.1. The summed E-state index contributed by atoms with van der Waals surface area (Å²) in [5.41, 5.74) is 5.49. The van der Waals surface area contributed by atoms with Crippen molar-refractivity contribution in [3.63, 3.8) is 0 Å². The first-order valence-electron chi connectivity index (χ1n) is 6.50. The fourth-order valence-electron chi connectivity index (χ4n) is 1.68. The number of para-hydroxylation sites is 2. The second-order valence-corrected chi connectivity index (χ2v) is 6.32. The molecule has 106 valence electrons. The van der Waals surface area contributed by atoms with Crippen LogP contribution in [-0.2, 0) is 4.57 Å². The molecule has 0 atom stereocenters. The van der Waals surface area contributed by atoms with Crippen LogP contribution < -0.4 is 14.8 Å². The first-order chi connectivity index (χ1) is 9.72. The van der Waals surface area contributed by atoms with E-state index >= 15 is 0 Å². The minimum absolute atomic E-state index is 0.285. The van der Waals surface area contributed by atoms with E-state index in [1.54, 1.807) is 24.3 Å². The molecule has 0 aliphatic rings. The second kappa shape index (κ2) is 7.13. The van der Waals surface area contributed by atoms with Crippen LogP contribution >= 0.6 is 7.60 Å². The van der Waals surface area contributed by atoms with Crippen LogP contribution in [0.3, 0.4) is 0 Å². The highest BCUT2D eigenvalue weighted by Gasteiger charge is 2.27. The molecular formula is C15H18NO3P. The van der Waals surface area contributed by atoms with Gasteiger partial charge < -0.3 is 14.8 Å². The van der Waals surface area contributed by atoms with Gasteiger partial charge >= 0.3 is 7.60 Å². The van der Waals surface area contributed by atoms with Gasteiger partial charge in [0.2, 0.25) is 0 Å². The fraction of sp³-hybridized carbons (Fsp3) is 0.200. The first-order valence-corrected chi connectivity index (χ1v) is 8.23. The Balaban J connectivity index is 2.15. The van der Waals surface area contributed by atoms with Gasteiger partial charge in [-0.2, -0.15) is 0 Å². The van der Waals surface area contributed by atoms with E-state index in [1.807, 2.05) is 36.4 Å². The molecule has 2 aromatic rings. The van der Waals surface area contributed by atoms with Crippen molar-refractivity contribution in [1.29, 1.82) is 0 Å². The van der Waals surface area contributed by atoms with Gasteiger partial charge in [-0.25, -0.2) is 4.57 Å². The summed E-state index contributed by atoms with van der Waals surface area (Å²) in [5.74, 6) is 1.06. The molecule has 0 fully saturated rings. The highest BCUT2D eigenvalue weighted by molar-refractivity contribution is 7.54. The largest absolute Gasteiger partial charge is 0.430 e. The van der Waals surface area contributed by atoms with Gasteiger partial charge in [-0.05, 0) is 37.2 Å². The smallest absolute Gasteiger partial charge is 0.416 e. The third-order valence-corrected chi connectivity index (χ3v) is 4.45. The lowest BCUT2D eigenvalue weighted by Gasteiger charge is -2.19. The summed E-state index contributed by atoms with van der Waals surface area (Å²) in [6.45, 7) is 0.445. The van der Waals surface area contributed by atoms with Crippen molar-refractivity contribution in [2.75, 3.05) is 12.7 Å². The van der Waals surface area contributed by atoms with Crippen LogP contribution in [0.2, 0.25) is 0 Å². The quantitative estimate of drug-likeness (QED) is 0.790. The minimum Gasteiger partial charge on any atom is -0.416 e. The predicted molar refractivity (Wildman–Crippen MR) is 80.3 cm³/mol. The summed E-state index contributed by atoms with van der Waals surface area (Å²) in [7, 11) is -3.26. The monoisotopic (exact) mass is 291 g/mol. The Kier molecular flexibility index (Phi) is 5.22. The molecule has 2 aromatic carbocycles. The molecule has 0 heterocycles. The fourth-order valence-corrected chi connectivity index (χ4v) is 3.35. The summed E-state index contributed by atoms with van der Waals surface area (Å²) in [6, 6.07) is 18.1. The normalized spacial score (nSPS) is 11.1. The molecule has 2 rings (SSSR count). The Morgan fingerprint density at radius 1 is 0.850 bits per heavy atom. The molecule has 0 amide bonds. The summed E-state index contributed by atoms with van der Waals surface area (Å²) in [5, 5.41) is 0. The lowest BCUT2D eigenvalue weighted by Crippen LogP contribution is -2.09. The van der Waals surface area contributed by atoms with Crippen LogP contribution in [-0.4, -0.2) is 12.7 Å². The average molecular weight is 291 g/mol. The molecule has 2 N–H and O–H groups in total. The van der Waals surface area contributed by atoms with Gasteiger partial charge in [0.1, 0.15) is 11.5 Å². The molecule has 0 spiro atoms. The molecule has 0 saturated heterocycles. The van der Waals surface area contributed by atoms with Gasteiger partial charge in [0.05, 0.1) is 6.16 Å². The van der Waals surface area contributed by atoms with Crippen molar-refractivity contribution in [3.8, 4) is 11.5 Å². The van der Waals surface area contributed by atoms with Gasteiger partial charge in [0.15, 0.2) is 0 Å². The second-order valence-electron chi connectivity index (χ2n) is 4.29. The van der Waals surface area contributed by atoms with Crippen molar-refractivity contribution in [3.05, 3.63) is 60.7 Å². The molecular weight excluding hydrogens is 273 g/mol. The van der Waals surface area contributed by atoms with Crippen LogP contribution in [0, 0.1) is 0 Å². The Bertz CT molecular complexity index is 514. The van der Waals surface area contributed by atoms with Gasteiger partial charge in [0.25, 0.3) is 0 Å². The maximum absolute atomic E-state index is 12.8. The molecule has 0 radical (unpaired) electrons. The number of nitrogens with two attached hydrogens (primary N) is 1. The SMILES string of the molecule is NCCCP(=O)(Oc1ccccc1)Oc1ccccc1. The zero-order valence-corrected chi connectivity index (χ0v) is 12.0. The third kappa shape index (κ3) is 4.41. The van der Waals surface area contributed by atoms with Crippen LogP contribution in [0.4, 0.5) is 0 Å². The predicted octanol–water partition coefficient (Wildman–Crippen LogP) is 3.69. The summed E-state index contributed by atoms with van der Waals surface area (Å²) < 4.78 is 24.0. The molecule has 5 heteroatoms. The summed E-state index contributed by atoms with van der Waals surface area (Å²) in [6.07, 6.45) is 0.865. The molecule has 0 aliphatic carbocycles. The highest BCUT2D eigenvalue weighted by Crippen LogP contribution is 2.48. The Labute approximate surface area is 119 Å². The zero-order chi connectivity index (χ0) is 14.3. The highest BCUT2D eigenvalue weighted by atomic mass is 31.2. The average Bonchev–Trinajstić information content (AvgIpc) is 2.47. The first kappa shape index (κ1) is 14.6. The van der Waals surface area contributed by atoms with Crippen molar-refractivity contribution in [2.24, 2.45) is 5.73 Å². The minimum atomic E-state index is -3.26. The van der Waals surface area contributed by atoms with E-state index in [0.29, 0.717) is 24.5 Å². The van der Waals surface area contributed by atoms with Crippen molar-refractivity contribution in [1.82, 2.24) is 0 Å². The maximum atomic E-state index is 12.8. The van der Waals surface area contributed by atoms with Crippen LogP contribution in [0.15, 0.2) is 60.7 Å². The van der Waals surface area contributed by atoms with Crippen LogP contribution in [0.25, 0.3) is 0 Å². The van der Waals surface area contributed by atoms with Crippen LogP contribution in [0.5, 0.6) is 11.5 Å². The van der Waals surface area contributed by atoms with E-state index in [2.05, 4.69) is 0 Å². The number of hydrogen-bond acceptors (Lipinski definition) is 4. The van der Waals surface area contributed by atoms with Gasteiger partial charge in [-0.15, -0.1) is 0 Å². The lowest BCUT2D eigenvalue weighted by molar-refractivity contribution is 0.384.